The quantitative estimate of drug-likeness (QED) is 0.835. The monoisotopic (exact) mass is 284 g/mol. The highest BCUT2D eigenvalue weighted by molar-refractivity contribution is 6.02. The number of anilines is 1. The minimum absolute atomic E-state index is 0.126. The Morgan fingerprint density at radius 2 is 2.29 bits per heavy atom. The molecule has 1 saturated heterocycles. The summed E-state index contributed by atoms with van der Waals surface area (Å²) < 4.78 is 0. The van der Waals surface area contributed by atoms with Gasteiger partial charge in [0.05, 0.1) is 5.69 Å². The van der Waals surface area contributed by atoms with Gasteiger partial charge in [-0.15, -0.1) is 0 Å². The van der Waals surface area contributed by atoms with Crippen molar-refractivity contribution in [3.63, 3.8) is 0 Å². The van der Waals surface area contributed by atoms with Crippen LogP contribution in [0.15, 0.2) is 36.7 Å². The fraction of sp³-hybridized carbons (Fsp3) is 0.267. The summed E-state index contributed by atoms with van der Waals surface area (Å²) in [5, 5.41) is 7.51. The van der Waals surface area contributed by atoms with E-state index < -0.39 is 6.04 Å². The lowest BCUT2D eigenvalue weighted by Crippen LogP contribution is -2.56. The Labute approximate surface area is 122 Å². The summed E-state index contributed by atoms with van der Waals surface area (Å²) in [6.07, 6.45) is 3.44. The number of nitrogens with zero attached hydrogens (tertiary/aromatic N) is 2. The van der Waals surface area contributed by atoms with Crippen LogP contribution < -0.4 is 10.6 Å². The van der Waals surface area contributed by atoms with Crippen molar-refractivity contribution in [1.29, 1.82) is 0 Å². The molecule has 0 bridgehead atoms. The lowest BCUT2D eigenvalue weighted by molar-refractivity contribution is -0.126. The molecule has 3 amide bonds. The highest BCUT2D eigenvalue weighted by Crippen LogP contribution is 2.22. The van der Waals surface area contributed by atoms with E-state index in [2.05, 4.69) is 15.6 Å². The van der Waals surface area contributed by atoms with Crippen LogP contribution in [0.2, 0.25) is 0 Å². The van der Waals surface area contributed by atoms with E-state index in [0.29, 0.717) is 13.1 Å². The number of benzene rings is 1. The first kappa shape index (κ1) is 13.4. The molecule has 3 rings (SSSR count). The minimum Gasteiger partial charge on any atom is -0.353 e. The fourth-order valence-electron chi connectivity index (χ4n) is 2.48. The zero-order valence-electron chi connectivity index (χ0n) is 11.7. The van der Waals surface area contributed by atoms with Gasteiger partial charge < -0.3 is 15.5 Å². The van der Waals surface area contributed by atoms with Gasteiger partial charge in [0.25, 0.3) is 0 Å². The van der Waals surface area contributed by atoms with Crippen molar-refractivity contribution in [3.05, 3.63) is 36.7 Å². The Morgan fingerprint density at radius 3 is 3.14 bits per heavy atom. The number of fused-ring (bicyclic) bond motifs is 1. The highest BCUT2D eigenvalue weighted by Gasteiger charge is 2.29. The molecule has 6 nitrogen and oxygen atoms in total. The molecule has 21 heavy (non-hydrogen) atoms. The van der Waals surface area contributed by atoms with Gasteiger partial charge in [-0.3, -0.25) is 9.78 Å². The summed E-state index contributed by atoms with van der Waals surface area (Å²) in [6, 6.07) is 6.78. The van der Waals surface area contributed by atoms with Crippen LogP contribution in [0.4, 0.5) is 10.5 Å². The van der Waals surface area contributed by atoms with Gasteiger partial charge in [-0.05, 0) is 19.1 Å². The van der Waals surface area contributed by atoms with E-state index in [9.17, 15) is 9.59 Å². The van der Waals surface area contributed by atoms with Crippen molar-refractivity contribution < 1.29 is 9.59 Å². The number of pyridine rings is 1. The molecular weight excluding hydrogens is 268 g/mol. The first-order chi connectivity index (χ1) is 10.2. The largest absolute Gasteiger partial charge is 0.353 e. The van der Waals surface area contributed by atoms with E-state index in [1.54, 1.807) is 24.2 Å². The van der Waals surface area contributed by atoms with Crippen molar-refractivity contribution in [2.75, 3.05) is 18.4 Å². The molecule has 108 valence electrons. The normalized spacial score (nSPS) is 18.4. The van der Waals surface area contributed by atoms with E-state index in [4.69, 9.17) is 0 Å². The molecular formula is C15H16N4O2. The SMILES string of the molecule is C[C@@H]1C(=O)NCCN1C(=O)Nc1cccc2cnccc12. The maximum absolute atomic E-state index is 12.4. The molecule has 1 aromatic carbocycles. The Kier molecular flexibility index (Phi) is 3.43. The lowest BCUT2D eigenvalue weighted by Gasteiger charge is -2.32. The molecule has 1 fully saturated rings. The predicted molar refractivity (Wildman–Crippen MR) is 79.9 cm³/mol. The molecule has 2 heterocycles. The minimum atomic E-state index is -0.463. The van der Waals surface area contributed by atoms with Gasteiger partial charge in [-0.25, -0.2) is 4.79 Å². The highest BCUT2D eigenvalue weighted by atomic mass is 16.2. The number of carbonyl (C=O) groups is 2. The number of amides is 3. The van der Waals surface area contributed by atoms with Crippen LogP contribution in [-0.2, 0) is 4.79 Å². The number of piperazine rings is 1. The molecule has 1 aliphatic rings. The van der Waals surface area contributed by atoms with E-state index in [1.165, 1.54) is 0 Å². The molecule has 6 heteroatoms. The first-order valence-electron chi connectivity index (χ1n) is 6.85. The molecule has 0 spiro atoms. The number of urea groups is 1. The molecule has 2 aromatic rings. The molecule has 0 unspecified atom stereocenters. The van der Waals surface area contributed by atoms with Gasteiger partial charge in [0.2, 0.25) is 5.91 Å². The second kappa shape index (κ2) is 5.40. The van der Waals surface area contributed by atoms with Crippen LogP contribution in [0.25, 0.3) is 10.8 Å². The zero-order valence-corrected chi connectivity index (χ0v) is 11.7. The number of aromatic nitrogens is 1. The number of rotatable bonds is 1. The Balaban J connectivity index is 1.85. The number of carbonyl (C=O) groups excluding carboxylic acids is 2. The van der Waals surface area contributed by atoms with Crippen molar-refractivity contribution in [2.24, 2.45) is 0 Å². The van der Waals surface area contributed by atoms with Crippen molar-refractivity contribution in [1.82, 2.24) is 15.2 Å². The van der Waals surface area contributed by atoms with Gasteiger partial charge in [0.1, 0.15) is 6.04 Å². The third-order valence-electron chi connectivity index (χ3n) is 3.68. The molecule has 2 N–H and O–H groups in total. The van der Waals surface area contributed by atoms with E-state index in [1.807, 2.05) is 24.3 Å². The number of hydrogen-bond acceptors (Lipinski definition) is 3. The molecule has 0 saturated carbocycles. The van der Waals surface area contributed by atoms with Gasteiger partial charge in [-0.2, -0.15) is 0 Å². The van der Waals surface area contributed by atoms with Crippen LogP contribution in [0.1, 0.15) is 6.92 Å². The Bertz CT molecular complexity index is 696. The van der Waals surface area contributed by atoms with Crippen molar-refractivity contribution >= 4 is 28.4 Å². The summed E-state index contributed by atoms with van der Waals surface area (Å²) in [5.74, 6) is -0.126. The number of nitrogens with one attached hydrogen (secondary N) is 2. The summed E-state index contributed by atoms with van der Waals surface area (Å²) >= 11 is 0. The van der Waals surface area contributed by atoms with Crippen LogP contribution >= 0.6 is 0 Å². The maximum Gasteiger partial charge on any atom is 0.322 e. The third-order valence-corrected chi connectivity index (χ3v) is 3.68. The average Bonchev–Trinajstić information content (AvgIpc) is 2.50. The van der Waals surface area contributed by atoms with Crippen LogP contribution in [0.5, 0.6) is 0 Å². The molecule has 1 atom stereocenters. The summed E-state index contributed by atoms with van der Waals surface area (Å²) in [6.45, 7) is 2.71. The van der Waals surface area contributed by atoms with Crippen LogP contribution in [0, 0.1) is 0 Å². The third kappa shape index (κ3) is 2.52. The second-order valence-corrected chi connectivity index (χ2v) is 4.99. The predicted octanol–water partition coefficient (Wildman–Crippen LogP) is 1.59. The summed E-state index contributed by atoms with van der Waals surface area (Å²) in [7, 11) is 0. The van der Waals surface area contributed by atoms with Crippen molar-refractivity contribution in [3.8, 4) is 0 Å². The van der Waals surface area contributed by atoms with Gasteiger partial charge in [0, 0.05) is 36.3 Å². The second-order valence-electron chi connectivity index (χ2n) is 4.99. The average molecular weight is 284 g/mol. The fourth-order valence-corrected chi connectivity index (χ4v) is 2.48. The molecule has 1 aromatic heterocycles. The molecule has 0 aliphatic carbocycles. The summed E-state index contributed by atoms with van der Waals surface area (Å²) in [4.78, 5) is 29.6. The molecule has 1 aliphatic heterocycles. The van der Waals surface area contributed by atoms with Crippen LogP contribution in [0.3, 0.4) is 0 Å². The Hall–Kier alpha value is -2.63. The Morgan fingerprint density at radius 1 is 1.43 bits per heavy atom. The van der Waals surface area contributed by atoms with Gasteiger partial charge in [0.15, 0.2) is 0 Å². The van der Waals surface area contributed by atoms with E-state index >= 15 is 0 Å². The maximum atomic E-state index is 12.4. The smallest absolute Gasteiger partial charge is 0.322 e. The zero-order chi connectivity index (χ0) is 14.8. The van der Waals surface area contributed by atoms with Crippen molar-refractivity contribution in [2.45, 2.75) is 13.0 Å². The first-order valence-corrected chi connectivity index (χ1v) is 6.85. The van der Waals surface area contributed by atoms with Gasteiger partial charge in [-0.1, -0.05) is 12.1 Å². The summed E-state index contributed by atoms with van der Waals surface area (Å²) in [5.41, 5.74) is 0.720. The molecule has 0 radical (unpaired) electrons. The van der Waals surface area contributed by atoms with Gasteiger partial charge >= 0.3 is 6.03 Å². The lowest BCUT2D eigenvalue weighted by atomic mass is 10.1. The van der Waals surface area contributed by atoms with Crippen LogP contribution in [-0.4, -0.2) is 41.0 Å². The van der Waals surface area contributed by atoms with E-state index in [0.717, 1.165) is 16.5 Å². The number of hydrogen-bond donors (Lipinski definition) is 2. The topological polar surface area (TPSA) is 74.3 Å². The van der Waals surface area contributed by atoms with E-state index in [-0.39, 0.29) is 11.9 Å². The standard InChI is InChI=1S/C15H16N4O2/c1-10-14(20)17-7-8-19(10)15(21)18-13-4-2-3-11-9-16-6-5-12(11)13/h2-6,9-10H,7-8H2,1H3,(H,17,20)(H,18,21)/t10-/m1/s1.